The van der Waals surface area contributed by atoms with E-state index in [2.05, 4.69) is 5.32 Å². The maximum absolute atomic E-state index is 12.4. The quantitative estimate of drug-likeness (QED) is 0.595. The van der Waals surface area contributed by atoms with E-state index >= 15 is 0 Å². The molecule has 0 saturated heterocycles. The van der Waals surface area contributed by atoms with E-state index in [1.54, 1.807) is 19.4 Å². The Morgan fingerprint density at radius 1 is 1.25 bits per heavy atom. The van der Waals surface area contributed by atoms with Gasteiger partial charge in [-0.3, -0.25) is 4.79 Å². The van der Waals surface area contributed by atoms with E-state index in [9.17, 15) is 4.79 Å². The normalized spacial score (nSPS) is 11.5. The summed E-state index contributed by atoms with van der Waals surface area (Å²) < 4.78 is 16.5. The van der Waals surface area contributed by atoms with Crippen molar-refractivity contribution < 1.29 is 18.7 Å². The average molecular weight is 379 g/mol. The van der Waals surface area contributed by atoms with Gasteiger partial charge in [-0.15, -0.1) is 0 Å². The highest BCUT2D eigenvalue weighted by molar-refractivity contribution is 5.97. The summed E-state index contributed by atoms with van der Waals surface area (Å²) >= 11 is 0. The van der Waals surface area contributed by atoms with Crippen molar-refractivity contribution in [3.05, 3.63) is 65.4 Å². The van der Waals surface area contributed by atoms with E-state index in [0.717, 1.165) is 39.0 Å². The summed E-state index contributed by atoms with van der Waals surface area (Å²) in [6, 6.07) is 11.5. The third-order valence-electron chi connectivity index (χ3n) is 4.54. The second kappa shape index (κ2) is 8.65. The number of carbonyl (C=O) groups excluding carboxylic acids is 1. The number of furan rings is 1. The van der Waals surface area contributed by atoms with Crippen molar-refractivity contribution in [2.45, 2.75) is 27.3 Å². The number of nitrogens with one attached hydrogen (secondary N) is 1. The third-order valence-corrected chi connectivity index (χ3v) is 4.54. The van der Waals surface area contributed by atoms with Gasteiger partial charge in [0.05, 0.1) is 20.0 Å². The molecule has 0 aliphatic rings. The monoisotopic (exact) mass is 379 g/mol. The molecule has 146 valence electrons. The molecule has 0 aliphatic heterocycles. The van der Waals surface area contributed by atoms with Gasteiger partial charge in [0.2, 0.25) is 5.91 Å². The van der Waals surface area contributed by atoms with Crippen molar-refractivity contribution in [2.24, 2.45) is 0 Å². The molecule has 1 heterocycles. The molecule has 0 unspecified atom stereocenters. The van der Waals surface area contributed by atoms with Gasteiger partial charge in [0.15, 0.2) is 0 Å². The summed E-state index contributed by atoms with van der Waals surface area (Å²) in [5.74, 6) is 1.31. The predicted molar refractivity (Wildman–Crippen MR) is 111 cm³/mol. The first kappa shape index (κ1) is 19.5. The number of rotatable bonds is 7. The zero-order valence-electron chi connectivity index (χ0n) is 16.7. The first-order valence-corrected chi connectivity index (χ1v) is 9.26. The molecule has 2 aromatic carbocycles. The van der Waals surface area contributed by atoms with E-state index in [1.807, 2.05) is 57.2 Å². The Morgan fingerprint density at radius 2 is 2.07 bits per heavy atom. The van der Waals surface area contributed by atoms with Gasteiger partial charge >= 0.3 is 0 Å². The third kappa shape index (κ3) is 4.36. The van der Waals surface area contributed by atoms with Gasteiger partial charge in [0.25, 0.3) is 0 Å². The standard InChI is InChI=1S/C23H25NO4/c1-5-27-21-12-22-20(16(3)14-28-22)11-19(21)15(2)9-23(25)24-13-17-7-6-8-18(10-17)26-4/h6-12,14H,5,13H2,1-4H3,(H,24,25)/b15-9+. The first-order chi connectivity index (χ1) is 13.5. The highest BCUT2D eigenvalue weighted by Gasteiger charge is 2.13. The van der Waals surface area contributed by atoms with Gasteiger partial charge in [-0.2, -0.15) is 0 Å². The molecule has 28 heavy (non-hydrogen) atoms. The minimum absolute atomic E-state index is 0.160. The second-order valence-electron chi connectivity index (χ2n) is 6.59. The maximum atomic E-state index is 12.4. The Kier molecular flexibility index (Phi) is 6.04. The minimum Gasteiger partial charge on any atom is -0.497 e. The van der Waals surface area contributed by atoms with Crippen LogP contribution in [0, 0.1) is 6.92 Å². The smallest absolute Gasteiger partial charge is 0.244 e. The van der Waals surface area contributed by atoms with Crippen LogP contribution in [0.3, 0.4) is 0 Å². The maximum Gasteiger partial charge on any atom is 0.244 e. The van der Waals surface area contributed by atoms with E-state index in [4.69, 9.17) is 13.9 Å². The molecule has 3 aromatic rings. The molecule has 1 amide bonds. The van der Waals surface area contributed by atoms with E-state index in [0.29, 0.717) is 18.9 Å². The number of benzene rings is 2. The highest BCUT2D eigenvalue weighted by atomic mass is 16.5. The summed E-state index contributed by atoms with van der Waals surface area (Å²) in [5, 5.41) is 3.93. The van der Waals surface area contributed by atoms with Gasteiger partial charge in [-0.25, -0.2) is 0 Å². The number of ether oxygens (including phenoxy) is 2. The van der Waals surface area contributed by atoms with Crippen molar-refractivity contribution in [3.8, 4) is 11.5 Å². The van der Waals surface area contributed by atoms with Gasteiger partial charge in [-0.05, 0) is 55.7 Å². The molecule has 0 atom stereocenters. The van der Waals surface area contributed by atoms with Gasteiger partial charge in [0, 0.05) is 29.6 Å². The number of hydrogen-bond acceptors (Lipinski definition) is 4. The van der Waals surface area contributed by atoms with Gasteiger partial charge in [-0.1, -0.05) is 12.1 Å². The zero-order chi connectivity index (χ0) is 20.1. The Labute approximate surface area is 164 Å². The lowest BCUT2D eigenvalue weighted by molar-refractivity contribution is -0.116. The molecule has 0 aliphatic carbocycles. The molecule has 1 N–H and O–H groups in total. The Morgan fingerprint density at radius 3 is 2.82 bits per heavy atom. The topological polar surface area (TPSA) is 60.7 Å². The number of hydrogen-bond donors (Lipinski definition) is 1. The number of carbonyl (C=O) groups is 1. The van der Waals surface area contributed by atoms with Crippen LogP contribution in [-0.2, 0) is 11.3 Å². The predicted octanol–water partition coefficient (Wildman–Crippen LogP) is 4.87. The van der Waals surface area contributed by atoms with Crippen LogP contribution in [0.1, 0.15) is 30.5 Å². The summed E-state index contributed by atoms with van der Waals surface area (Å²) in [5.41, 5.74) is 4.52. The number of aryl methyl sites for hydroxylation is 1. The minimum atomic E-state index is -0.160. The van der Waals surface area contributed by atoms with E-state index in [1.165, 1.54) is 0 Å². The molecular formula is C23H25NO4. The van der Waals surface area contributed by atoms with E-state index < -0.39 is 0 Å². The largest absolute Gasteiger partial charge is 0.497 e. The van der Waals surface area contributed by atoms with Crippen LogP contribution < -0.4 is 14.8 Å². The van der Waals surface area contributed by atoms with Crippen molar-refractivity contribution >= 4 is 22.4 Å². The Bertz CT molecular complexity index is 1020. The van der Waals surface area contributed by atoms with Crippen molar-refractivity contribution in [3.63, 3.8) is 0 Å². The van der Waals surface area contributed by atoms with Crippen LogP contribution in [0.15, 0.2) is 53.2 Å². The fourth-order valence-electron chi connectivity index (χ4n) is 3.06. The fraction of sp³-hybridized carbons (Fsp3) is 0.261. The average Bonchev–Trinajstić information content (AvgIpc) is 3.06. The van der Waals surface area contributed by atoms with Gasteiger partial charge in [0.1, 0.15) is 17.1 Å². The molecule has 0 radical (unpaired) electrons. The summed E-state index contributed by atoms with van der Waals surface area (Å²) in [7, 11) is 1.62. The van der Waals surface area contributed by atoms with Crippen molar-refractivity contribution in [1.82, 2.24) is 5.32 Å². The van der Waals surface area contributed by atoms with Crippen LogP contribution >= 0.6 is 0 Å². The second-order valence-corrected chi connectivity index (χ2v) is 6.59. The summed E-state index contributed by atoms with van der Waals surface area (Å²) in [6.07, 6.45) is 3.32. The van der Waals surface area contributed by atoms with Crippen LogP contribution in [0.5, 0.6) is 11.5 Å². The van der Waals surface area contributed by atoms with Crippen molar-refractivity contribution in [1.29, 1.82) is 0 Å². The fourth-order valence-corrected chi connectivity index (χ4v) is 3.06. The summed E-state index contributed by atoms with van der Waals surface area (Å²) in [4.78, 5) is 12.4. The molecule has 0 saturated carbocycles. The lowest BCUT2D eigenvalue weighted by Gasteiger charge is -2.11. The van der Waals surface area contributed by atoms with Gasteiger partial charge < -0.3 is 19.2 Å². The van der Waals surface area contributed by atoms with Crippen LogP contribution in [0.4, 0.5) is 0 Å². The SMILES string of the molecule is CCOc1cc2occ(C)c2cc1/C(C)=C/C(=O)NCc1cccc(OC)c1. The molecule has 0 fully saturated rings. The number of fused-ring (bicyclic) bond motifs is 1. The molecule has 5 nitrogen and oxygen atoms in total. The Balaban J connectivity index is 1.80. The lowest BCUT2D eigenvalue weighted by Crippen LogP contribution is -2.20. The molecule has 0 spiro atoms. The van der Waals surface area contributed by atoms with Crippen LogP contribution in [0.25, 0.3) is 16.5 Å². The van der Waals surface area contributed by atoms with Crippen LogP contribution in [0.2, 0.25) is 0 Å². The number of methoxy groups -OCH3 is 1. The number of amides is 1. The zero-order valence-corrected chi connectivity index (χ0v) is 16.7. The molecule has 3 rings (SSSR count). The first-order valence-electron chi connectivity index (χ1n) is 9.26. The summed E-state index contributed by atoms with van der Waals surface area (Å²) in [6.45, 7) is 6.80. The highest BCUT2D eigenvalue weighted by Crippen LogP contribution is 2.33. The van der Waals surface area contributed by atoms with Crippen LogP contribution in [-0.4, -0.2) is 19.6 Å². The lowest BCUT2D eigenvalue weighted by atomic mass is 10.0. The van der Waals surface area contributed by atoms with Crippen molar-refractivity contribution in [2.75, 3.05) is 13.7 Å². The molecular weight excluding hydrogens is 354 g/mol. The molecule has 1 aromatic heterocycles. The Hall–Kier alpha value is -3.21. The number of allylic oxidation sites excluding steroid dienone is 1. The molecule has 5 heteroatoms. The van der Waals surface area contributed by atoms with E-state index in [-0.39, 0.29) is 5.91 Å². The molecule has 0 bridgehead atoms.